The molecule has 116 valence electrons. The third kappa shape index (κ3) is 2.51. The van der Waals surface area contributed by atoms with E-state index < -0.39 is 0 Å². The Balaban J connectivity index is 1.90. The van der Waals surface area contributed by atoms with E-state index in [1.165, 1.54) is 0 Å². The Kier molecular flexibility index (Phi) is 3.60. The summed E-state index contributed by atoms with van der Waals surface area (Å²) in [6, 6.07) is 17.6. The number of esters is 1. The lowest BCUT2D eigenvalue weighted by Crippen LogP contribution is -2.35. The number of rotatable bonds is 2. The van der Waals surface area contributed by atoms with Gasteiger partial charge in [0.1, 0.15) is 0 Å². The van der Waals surface area contributed by atoms with Crippen LogP contribution in [0.1, 0.15) is 21.5 Å². The number of hydrogen-bond acceptors (Lipinski definition) is 4. The summed E-state index contributed by atoms with van der Waals surface area (Å²) in [5.74, 6) is 0.371. The Morgan fingerprint density at radius 1 is 0.870 bits per heavy atom. The Hall–Kier alpha value is -2.59. The molecule has 2 aromatic rings. The molecule has 4 nitrogen and oxygen atoms in total. The monoisotopic (exact) mass is 307 g/mol. The van der Waals surface area contributed by atoms with Crippen LogP contribution in [-0.2, 0) is 9.47 Å². The quantitative estimate of drug-likeness (QED) is 0.800. The van der Waals surface area contributed by atoms with Gasteiger partial charge in [-0.15, -0.1) is 0 Å². The maximum Gasteiger partial charge on any atom is 0.344 e. The van der Waals surface area contributed by atoms with Gasteiger partial charge < -0.3 is 14.4 Å². The van der Waals surface area contributed by atoms with Crippen molar-refractivity contribution in [2.75, 3.05) is 26.3 Å². The van der Waals surface area contributed by atoms with Gasteiger partial charge in [0.2, 0.25) is 0 Å². The highest BCUT2D eigenvalue weighted by molar-refractivity contribution is 6.07. The number of cyclic esters (lactones) is 1. The van der Waals surface area contributed by atoms with Crippen molar-refractivity contribution in [2.45, 2.75) is 0 Å². The van der Waals surface area contributed by atoms with E-state index in [0.717, 1.165) is 29.9 Å². The minimum absolute atomic E-state index is 0.280. The van der Waals surface area contributed by atoms with Gasteiger partial charge in [0, 0.05) is 24.2 Å². The summed E-state index contributed by atoms with van der Waals surface area (Å²) < 4.78 is 11.1. The van der Waals surface area contributed by atoms with E-state index in [0.29, 0.717) is 24.5 Å². The molecule has 1 fully saturated rings. The molecule has 0 unspecified atom stereocenters. The number of carbonyl (C=O) groups excluding carboxylic acids is 1. The molecule has 2 aliphatic heterocycles. The Morgan fingerprint density at radius 3 is 2.26 bits per heavy atom. The number of hydrogen-bond donors (Lipinski definition) is 0. The van der Waals surface area contributed by atoms with Crippen LogP contribution in [0.25, 0.3) is 11.5 Å². The van der Waals surface area contributed by atoms with Gasteiger partial charge in [-0.2, -0.15) is 0 Å². The second-order valence-corrected chi connectivity index (χ2v) is 5.58. The van der Waals surface area contributed by atoms with Crippen LogP contribution in [0.3, 0.4) is 0 Å². The maximum atomic E-state index is 12.2. The smallest absolute Gasteiger partial charge is 0.344 e. The second-order valence-electron chi connectivity index (χ2n) is 5.58. The summed E-state index contributed by atoms with van der Waals surface area (Å²) in [7, 11) is 0. The minimum atomic E-state index is -0.280. The maximum absolute atomic E-state index is 12.2. The van der Waals surface area contributed by atoms with Crippen LogP contribution in [0, 0.1) is 0 Å². The van der Waals surface area contributed by atoms with E-state index in [1.807, 2.05) is 54.6 Å². The zero-order valence-electron chi connectivity index (χ0n) is 12.7. The van der Waals surface area contributed by atoms with Crippen LogP contribution in [0.15, 0.2) is 54.6 Å². The van der Waals surface area contributed by atoms with Crippen molar-refractivity contribution < 1.29 is 14.3 Å². The highest BCUT2D eigenvalue weighted by Gasteiger charge is 2.31. The number of carbonyl (C=O) groups is 1. The molecule has 2 heterocycles. The molecular formula is C19H17NO3. The number of nitrogens with zero attached hydrogens (tertiary/aromatic N) is 1. The minimum Gasteiger partial charge on any atom is -0.420 e. The molecule has 0 radical (unpaired) electrons. The molecule has 0 saturated carbocycles. The molecule has 0 aliphatic carbocycles. The van der Waals surface area contributed by atoms with E-state index in [4.69, 9.17) is 9.47 Å². The molecule has 0 aromatic heterocycles. The van der Waals surface area contributed by atoms with Gasteiger partial charge in [0.05, 0.1) is 24.5 Å². The van der Waals surface area contributed by atoms with Crippen molar-refractivity contribution in [3.05, 3.63) is 71.3 Å². The summed E-state index contributed by atoms with van der Waals surface area (Å²) in [4.78, 5) is 14.4. The van der Waals surface area contributed by atoms with Gasteiger partial charge in [-0.3, -0.25) is 0 Å². The lowest BCUT2D eigenvalue weighted by Gasteiger charge is -2.32. The third-order valence-electron chi connectivity index (χ3n) is 4.18. The number of ether oxygens (including phenoxy) is 2. The lowest BCUT2D eigenvalue weighted by molar-refractivity contribution is 0.0623. The molecule has 4 heteroatoms. The van der Waals surface area contributed by atoms with E-state index in [2.05, 4.69) is 4.90 Å². The molecule has 0 atom stereocenters. The topological polar surface area (TPSA) is 38.8 Å². The van der Waals surface area contributed by atoms with Crippen molar-refractivity contribution in [2.24, 2.45) is 0 Å². The first-order chi connectivity index (χ1) is 11.3. The molecule has 0 N–H and O–H groups in total. The third-order valence-corrected chi connectivity index (χ3v) is 4.18. The van der Waals surface area contributed by atoms with Crippen LogP contribution < -0.4 is 0 Å². The molecule has 0 spiro atoms. The van der Waals surface area contributed by atoms with Gasteiger partial charge in [-0.05, 0) is 6.07 Å². The molecule has 0 bridgehead atoms. The van der Waals surface area contributed by atoms with Crippen molar-refractivity contribution >= 4 is 17.4 Å². The molecule has 2 aliphatic rings. The van der Waals surface area contributed by atoms with Gasteiger partial charge in [-0.1, -0.05) is 48.5 Å². The molecule has 4 rings (SSSR count). The van der Waals surface area contributed by atoms with Gasteiger partial charge >= 0.3 is 5.97 Å². The fourth-order valence-electron chi connectivity index (χ4n) is 3.08. The Labute approximate surface area is 134 Å². The Bertz CT molecular complexity index is 761. The fourth-order valence-corrected chi connectivity index (χ4v) is 3.08. The Morgan fingerprint density at radius 2 is 1.52 bits per heavy atom. The van der Waals surface area contributed by atoms with Crippen LogP contribution in [-0.4, -0.2) is 37.2 Å². The van der Waals surface area contributed by atoms with E-state index in [9.17, 15) is 4.79 Å². The van der Waals surface area contributed by atoms with Crippen molar-refractivity contribution in [3.63, 3.8) is 0 Å². The summed E-state index contributed by atoms with van der Waals surface area (Å²) in [5, 5.41) is 0. The molecule has 1 saturated heterocycles. The molecule has 2 aromatic carbocycles. The first kappa shape index (κ1) is 14.0. The largest absolute Gasteiger partial charge is 0.420 e. The normalized spacial score (nSPS) is 19.3. The van der Waals surface area contributed by atoms with Crippen molar-refractivity contribution in [3.8, 4) is 0 Å². The van der Waals surface area contributed by atoms with Crippen molar-refractivity contribution in [1.29, 1.82) is 0 Å². The van der Waals surface area contributed by atoms with Crippen LogP contribution in [0.4, 0.5) is 0 Å². The van der Waals surface area contributed by atoms with Gasteiger partial charge in [0.25, 0.3) is 0 Å². The average molecular weight is 307 g/mol. The number of benzene rings is 2. The van der Waals surface area contributed by atoms with Crippen LogP contribution in [0.2, 0.25) is 0 Å². The summed E-state index contributed by atoms with van der Waals surface area (Å²) in [6.07, 6.45) is 0. The number of morpholine rings is 1. The SMILES string of the molecule is O=C1O/C(=C(/c2ccccc2)N2CCOCC2)c2ccccc21. The first-order valence-electron chi connectivity index (χ1n) is 7.78. The molecule has 0 amide bonds. The van der Waals surface area contributed by atoms with Crippen LogP contribution >= 0.6 is 0 Å². The average Bonchev–Trinajstić information content (AvgIpc) is 2.94. The lowest BCUT2D eigenvalue weighted by atomic mass is 10.0. The predicted octanol–water partition coefficient (Wildman–Crippen LogP) is 3.02. The predicted molar refractivity (Wildman–Crippen MR) is 87.5 cm³/mol. The van der Waals surface area contributed by atoms with E-state index >= 15 is 0 Å². The second kappa shape index (κ2) is 5.89. The van der Waals surface area contributed by atoms with E-state index in [1.54, 1.807) is 0 Å². The summed E-state index contributed by atoms with van der Waals surface area (Å²) >= 11 is 0. The standard InChI is InChI=1S/C19H17NO3/c21-19-16-9-5-4-8-15(16)18(23-19)17(14-6-2-1-3-7-14)20-10-12-22-13-11-20/h1-9H,10-13H2/b18-17-. The summed E-state index contributed by atoms with van der Waals surface area (Å²) in [5.41, 5.74) is 3.51. The highest BCUT2D eigenvalue weighted by Crippen LogP contribution is 2.37. The number of fused-ring (bicyclic) bond motifs is 1. The first-order valence-corrected chi connectivity index (χ1v) is 7.78. The summed E-state index contributed by atoms with van der Waals surface area (Å²) in [6.45, 7) is 2.93. The molecule has 23 heavy (non-hydrogen) atoms. The highest BCUT2D eigenvalue weighted by atomic mass is 16.5. The van der Waals surface area contributed by atoms with E-state index in [-0.39, 0.29) is 5.97 Å². The van der Waals surface area contributed by atoms with Crippen molar-refractivity contribution in [1.82, 2.24) is 4.90 Å². The van der Waals surface area contributed by atoms with Gasteiger partial charge in [-0.25, -0.2) is 4.79 Å². The fraction of sp³-hybridized carbons (Fsp3) is 0.211. The van der Waals surface area contributed by atoms with Gasteiger partial charge in [0.15, 0.2) is 5.76 Å². The zero-order chi connectivity index (χ0) is 15.6. The molecular weight excluding hydrogens is 290 g/mol. The zero-order valence-corrected chi connectivity index (χ0v) is 12.7. The van der Waals surface area contributed by atoms with Crippen LogP contribution in [0.5, 0.6) is 0 Å².